The summed E-state index contributed by atoms with van der Waals surface area (Å²) in [7, 11) is 0. The molecule has 1 aliphatic rings. The van der Waals surface area contributed by atoms with Crippen LogP contribution in [0, 0.1) is 0 Å². The fraction of sp³-hybridized carbons (Fsp3) is 0.846. The van der Waals surface area contributed by atoms with Crippen LogP contribution in [-0.4, -0.2) is 42.3 Å². The number of carbonyl (C=O) groups is 2. The van der Waals surface area contributed by atoms with Crippen LogP contribution < -0.4 is 16.0 Å². The summed E-state index contributed by atoms with van der Waals surface area (Å²) in [6, 6.07) is 0.543. The molecule has 1 saturated carbocycles. The van der Waals surface area contributed by atoms with E-state index in [-0.39, 0.29) is 18.5 Å². The van der Waals surface area contributed by atoms with E-state index in [0.29, 0.717) is 25.4 Å². The molecule has 1 unspecified atom stereocenters. The third-order valence-electron chi connectivity index (χ3n) is 3.05. The lowest BCUT2D eigenvalue weighted by molar-refractivity contribution is -0.137. The van der Waals surface area contributed by atoms with Crippen molar-refractivity contribution in [3.63, 3.8) is 0 Å². The molecule has 4 N–H and O–H groups in total. The molecule has 0 aliphatic heterocycles. The SMILES string of the molecule is CC(CCCC(=O)O)NC(=O)NCCCNC1CC1. The molecule has 6 nitrogen and oxygen atoms in total. The van der Waals surface area contributed by atoms with Gasteiger partial charge in [-0.2, -0.15) is 0 Å². The summed E-state index contributed by atoms with van der Waals surface area (Å²) < 4.78 is 0. The van der Waals surface area contributed by atoms with Crippen molar-refractivity contribution in [3.8, 4) is 0 Å². The Kier molecular flexibility index (Phi) is 7.25. The van der Waals surface area contributed by atoms with Gasteiger partial charge in [-0.15, -0.1) is 0 Å². The monoisotopic (exact) mass is 271 g/mol. The molecule has 0 bridgehead atoms. The van der Waals surface area contributed by atoms with Gasteiger partial charge in [0.05, 0.1) is 0 Å². The smallest absolute Gasteiger partial charge is 0.314 e. The van der Waals surface area contributed by atoms with E-state index in [1.165, 1.54) is 12.8 Å². The molecule has 1 atom stereocenters. The van der Waals surface area contributed by atoms with Crippen LogP contribution in [0.1, 0.15) is 45.4 Å². The first-order valence-electron chi connectivity index (χ1n) is 7.07. The van der Waals surface area contributed by atoms with Gasteiger partial charge in [-0.1, -0.05) is 0 Å². The highest BCUT2D eigenvalue weighted by Gasteiger charge is 2.19. The molecule has 0 spiro atoms. The molecule has 0 aromatic heterocycles. The minimum atomic E-state index is -0.792. The Morgan fingerprint density at radius 2 is 2.00 bits per heavy atom. The average molecular weight is 271 g/mol. The van der Waals surface area contributed by atoms with Crippen LogP contribution >= 0.6 is 0 Å². The summed E-state index contributed by atoms with van der Waals surface area (Å²) in [6.07, 6.45) is 4.91. The van der Waals surface area contributed by atoms with Crippen LogP contribution in [0.25, 0.3) is 0 Å². The van der Waals surface area contributed by atoms with Crippen molar-refractivity contribution in [3.05, 3.63) is 0 Å². The predicted molar refractivity (Wildman–Crippen MR) is 73.1 cm³/mol. The Morgan fingerprint density at radius 3 is 2.63 bits per heavy atom. The van der Waals surface area contributed by atoms with Gasteiger partial charge in [0.25, 0.3) is 0 Å². The van der Waals surface area contributed by atoms with Gasteiger partial charge >= 0.3 is 12.0 Å². The van der Waals surface area contributed by atoms with E-state index in [4.69, 9.17) is 5.11 Å². The maximum Gasteiger partial charge on any atom is 0.314 e. The predicted octanol–water partition coefficient (Wildman–Crippen LogP) is 1.07. The molecular formula is C13H25N3O3. The number of nitrogens with one attached hydrogen (secondary N) is 3. The van der Waals surface area contributed by atoms with Gasteiger partial charge in [-0.3, -0.25) is 4.79 Å². The topological polar surface area (TPSA) is 90.5 Å². The molecule has 1 fully saturated rings. The maximum atomic E-state index is 11.5. The number of hydrogen-bond acceptors (Lipinski definition) is 3. The van der Waals surface area contributed by atoms with Gasteiger partial charge in [0.2, 0.25) is 0 Å². The third kappa shape index (κ3) is 9.30. The first-order valence-corrected chi connectivity index (χ1v) is 7.07. The number of urea groups is 1. The van der Waals surface area contributed by atoms with Crippen molar-refractivity contribution in [1.29, 1.82) is 0 Å². The Balaban J connectivity index is 1.91. The van der Waals surface area contributed by atoms with Crippen molar-refractivity contribution in [1.82, 2.24) is 16.0 Å². The van der Waals surface area contributed by atoms with Gasteiger partial charge < -0.3 is 21.1 Å². The molecule has 110 valence electrons. The summed E-state index contributed by atoms with van der Waals surface area (Å²) in [5, 5.41) is 17.5. The van der Waals surface area contributed by atoms with Gasteiger partial charge in [0.15, 0.2) is 0 Å². The molecule has 0 saturated heterocycles. The number of carboxylic acids is 1. The quantitative estimate of drug-likeness (QED) is 0.447. The van der Waals surface area contributed by atoms with Gasteiger partial charge in [-0.25, -0.2) is 4.79 Å². The van der Waals surface area contributed by atoms with Crippen LogP contribution in [0.15, 0.2) is 0 Å². The van der Waals surface area contributed by atoms with Crippen LogP contribution in [0.4, 0.5) is 4.79 Å². The lowest BCUT2D eigenvalue weighted by atomic mass is 10.1. The van der Waals surface area contributed by atoms with E-state index < -0.39 is 5.97 Å². The number of aliphatic carboxylic acids is 1. The minimum absolute atomic E-state index is 0.00365. The second-order valence-electron chi connectivity index (χ2n) is 5.17. The summed E-state index contributed by atoms with van der Waals surface area (Å²) >= 11 is 0. The molecular weight excluding hydrogens is 246 g/mol. The van der Waals surface area contributed by atoms with Gasteiger partial charge in [-0.05, 0) is 45.6 Å². The van der Waals surface area contributed by atoms with Crippen molar-refractivity contribution in [2.45, 2.75) is 57.5 Å². The highest BCUT2D eigenvalue weighted by atomic mass is 16.4. The van der Waals surface area contributed by atoms with Crippen LogP contribution in [0.5, 0.6) is 0 Å². The Hall–Kier alpha value is -1.30. The van der Waals surface area contributed by atoms with Gasteiger partial charge in [0, 0.05) is 25.0 Å². The highest BCUT2D eigenvalue weighted by Crippen LogP contribution is 2.18. The lowest BCUT2D eigenvalue weighted by Gasteiger charge is -2.14. The third-order valence-corrected chi connectivity index (χ3v) is 3.05. The fourth-order valence-corrected chi connectivity index (χ4v) is 1.79. The van der Waals surface area contributed by atoms with E-state index >= 15 is 0 Å². The summed E-state index contributed by atoms with van der Waals surface area (Å²) in [5.41, 5.74) is 0. The zero-order valence-corrected chi connectivity index (χ0v) is 11.6. The van der Waals surface area contributed by atoms with Crippen LogP contribution in [0.2, 0.25) is 0 Å². The lowest BCUT2D eigenvalue weighted by Crippen LogP contribution is -2.41. The molecule has 1 aliphatic carbocycles. The number of amides is 2. The Bertz CT molecular complexity index is 293. The van der Waals surface area contributed by atoms with Crippen molar-refractivity contribution >= 4 is 12.0 Å². The molecule has 0 aromatic carbocycles. The van der Waals surface area contributed by atoms with E-state index in [1.807, 2.05) is 6.92 Å². The van der Waals surface area contributed by atoms with E-state index in [2.05, 4.69) is 16.0 Å². The summed E-state index contributed by atoms with van der Waals surface area (Å²) in [6.45, 7) is 3.49. The zero-order valence-electron chi connectivity index (χ0n) is 11.6. The second kappa shape index (κ2) is 8.74. The maximum absolute atomic E-state index is 11.5. The first kappa shape index (κ1) is 15.8. The molecule has 0 heterocycles. The largest absolute Gasteiger partial charge is 0.481 e. The van der Waals surface area contributed by atoms with Crippen molar-refractivity contribution in [2.75, 3.05) is 13.1 Å². The molecule has 2 amide bonds. The number of hydrogen-bond donors (Lipinski definition) is 4. The average Bonchev–Trinajstić information content (AvgIpc) is 3.11. The van der Waals surface area contributed by atoms with Crippen molar-refractivity contribution in [2.24, 2.45) is 0 Å². The molecule has 1 rings (SSSR count). The van der Waals surface area contributed by atoms with Crippen LogP contribution in [-0.2, 0) is 4.79 Å². The number of carboxylic acid groups (broad SMARTS) is 1. The van der Waals surface area contributed by atoms with E-state index in [9.17, 15) is 9.59 Å². The van der Waals surface area contributed by atoms with Gasteiger partial charge in [0.1, 0.15) is 0 Å². The molecule has 0 aromatic rings. The van der Waals surface area contributed by atoms with Crippen molar-refractivity contribution < 1.29 is 14.7 Å². The van der Waals surface area contributed by atoms with E-state index in [0.717, 1.165) is 13.0 Å². The minimum Gasteiger partial charge on any atom is -0.481 e. The number of carbonyl (C=O) groups excluding carboxylic acids is 1. The number of rotatable bonds is 10. The first-order chi connectivity index (χ1) is 9.08. The standard InChI is InChI=1S/C13H25N3O3/c1-10(4-2-5-12(17)18)16-13(19)15-9-3-8-14-11-6-7-11/h10-11,14H,2-9H2,1H3,(H,17,18)(H2,15,16,19). The fourth-order valence-electron chi connectivity index (χ4n) is 1.79. The van der Waals surface area contributed by atoms with E-state index in [1.54, 1.807) is 0 Å². The highest BCUT2D eigenvalue weighted by molar-refractivity contribution is 5.74. The summed E-state index contributed by atoms with van der Waals surface area (Å²) in [4.78, 5) is 21.9. The Morgan fingerprint density at radius 1 is 1.26 bits per heavy atom. The zero-order chi connectivity index (χ0) is 14.1. The molecule has 19 heavy (non-hydrogen) atoms. The van der Waals surface area contributed by atoms with Crippen LogP contribution in [0.3, 0.4) is 0 Å². The second-order valence-corrected chi connectivity index (χ2v) is 5.17. The normalized spacial score (nSPS) is 15.8. The summed E-state index contributed by atoms with van der Waals surface area (Å²) in [5.74, 6) is -0.792. The molecule has 0 radical (unpaired) electrons. The Labute approximate surface area is 114 Å². The molecule has 6 heteroatoms.